The van der Waals surface area contributed by atoms with E-state index in [-0.39, 0.29) is 0 Å². The third-order valence-corrected chi connectivity index (χ3v) is 2.26. The maximum atomic E-state index is 9.17. The number of alkyl halides is 1. The van der Waals surface area contributed by atoms with Crippen molar-refractivity contribution < 1.29 is 20.1 Å². The number of halogens is 1. The van der Waals surface area contributed by atoms with Gasteiger partial charge in [0.2, 0.25) is 0 Å². The van der Waals surface area contributed by atoms with Gasteiger partial charge in [-0.15, -0.1) is 11.6 Å². The Hall–Kier alpha value is 0.130. The van der Waals surface area contributed by atoms with E-state index in [1.807, 2.05) is 0 Å². The number of aliphatic hydroxyl groups is 3. The SMILES string of the molecule is C[C@@H]1O[C@@H](O)[C@@H](Cl)[C@H](O)[C@@H]1O. The lowest BCUT2D eigenvalue weighted by Crippen LogP contribution is -2.54. The standard InChI is InChI=1S/C6H11ClO4/c1-2-4(8)5(9)3(7)6(10)11-2/h2-6,8-10H,1H3/t2-,3-,4+,5-,6+/m0/s1. The summed E-state index contributed by atoms with van der Waals surface area (Å²) in [6, 6.07) is 0. The molecule has 0 aromatic carbocycles. The van der Waals surface area contributed by atoms with Crippen molar-refractivity contribution in [1.82, 2.24) is 0 Å². The van der Waals surface area contributed by atoms with Gasteiger partial charge in [-0.25, -0.2) is 0 Å². The number of ether oxygens (including phenoxy) is 1. The van der Waals surface area contributed by atoms with Crippen LogP contribution < -0.4 is 0 Å². The summed E-state index contributed by atoms with van der Waals surface area (Å²) in [6.07, 6.45) is -3.95. The number of aliphatic hydroxyl groups excluding tert-OH is 3. The summed E-state index contributed by atoms with van der Waals surface area (Å²) >= 11 is 5.49. The van der Waals surface area contributed by atoms with Crippen LogP contribution in [0.5, 0.6) is 0 Å². The Labute approximate surface area is 69.4 Å². The molecular formula is C6H11ClO4. The van der Waals surface area contributed by atoms with Crippen LogP contribution in [0.25, 0.3) is 0 Å². The summed E-state index contributed by atoms with van der Waals surface area (Å²) in [5.41, 5.74) is 0. The summed E-state index contributed by atoms with van der Waals surface area (Å²) in [4.78, 5) is 0. The van der Waals surface area contributed by atoms with Gasteiger partial charge in [-0.1, -0.05) is 0 Å². The predicted molar refractivity (Wildman–Crippen MR) is 38.2 cm³/mol. The number of hydrogen-bond acceptors (Lipinski definition) is 4. The molecule has 0 unspecified atom stereocenters. The first-order chi connectivity index (χ1) is 5.04. The lowest BCUT2D eigenvalue weighted by Gasteiger charge is -2.36. The Balaban J connectivity index is 2.63. The van der Waals surface area contributed by atoms with E-state index in [1.54, 1.807) is 6.92 Å². The van der Waals surface area contributed by atoms with Crippen LogP contribution in [-0.2, 0) is 4.74 Å². The minimum atomic E-state index is -1.20. The second kappa shape index (κ2) is 3.25. The van der Waals surface area contributed by atoms with Gasteiger partial charge in [0.1, 0.15) is 17.6 Å². The third-order valence-electron chi connectivity index (χ3n) is 1.78. The second-order valence-corrected chi connectivity index (χ2v) is 3.16. The molecule has 1 heterocycles. The van der Waals surface area contributed by atoms with E-state index >= 15 is 0 Å². The Morgan fingerprint density at radius 2 is 1.73 bits per heavy atom. The molecule has 0 saturated carbocycles. The zero-order chi connectivity index (χ0) is 8.59. The van der Waals surface area contributed by atoms with Crippen molar-refractivity contribution in [2.75, 3.05) is 0 Å². The highest BCUT2D eigenvalue weighted by Gasteiger charge is 2.40. The Morgan fingerprint density at radius 1 is 1.18 bits per heavy atom. The monoisotopic (exact) mass is 182 g/mol. The van der Waals surface area contributed by atoms with Crippen LogP contribution in [0.15, 0.2) is 0 Å². The van der Waals surface area contributed by atoms with Crippen LogP contribution in [-0.4, -0.2) is 45.3 Å². The fraction of sp³-hybridized carbons (Fsp3) is 1.00. The molecule has 0 bridgehead atoms. The number of hydrogen-bond donors (Lipinski definition) is 3. The zero-order valence-electron chi connectivity index (χ0n) is 6.01. The van der Waals surface area contributed by atoms with E-state index in [0.29, 0.717) is 0 Å². The minimum Gasteiger partial charge on any atom is -0.389 e. The van der Waals surface area contributed by atoms with E-state index in [1.165, 1.54) is 0 Å². The van der Waals surface area contributed by atoms with Gasteiger partial charge in [0.15, 0.2) is 6.29 Å². The molecule has 0 amide bonds. The van der Waals surface area contributed by atoms with E-state index in [4.69, 9.17) is 31.7 Å². The highest BCUT2D eigenvalue weighted by atomic mass is 35.5. The molecule has 5 atom stereocenters. The summed E-state index contributed by atoms with van der Waals surface area (Å²) < 4.78 is 4.79. The molecule has 1 fully saturated rings. The lowest BCUT2D eigenvalue weighted by atomic mass is 10.0. The summed E-state index contributed by atoms with van der Waals surface area (Å²) in [5.74, 6) is 0. The molecule has 0 radical (unpaired) electrons. The van der Waals surface area contributed by atoms with Crippen molar-refractivity contribution in [3.63, 3.8) is 0 Å². The van der Waals surface area contributed by atoms with Crippen molar-refractivity contribution in [3.05, 3.63) is 0 Å². The first kappa shape index (κ1) is 9.22. The molecule has 11 heavy (non-hydrogen) atoms. The molecule has 1 rings (SSSR count). The van der Waals surface area contributed by atoms with Crippen LogP contribution in [0.4, 0.5) is 0 Å². The quantitative estimate of drug-likeness (QED) is 0.423. The fourth-order valence-corrected chi connectivity index (χ4v) is 1.22. The molecular weight excluding hydrogens is 172 g/mol. The van der Waals surface area contributed by atoms with Crippen LogP contribution in [0, 0.1) is 0 Å². The third kappa shape index (κ3) is 1.65. The molecule has 0 aromatic rings. The predicted octanol–water partition coefficient (Wildman–Crippen LogP) is -0.947. The van der Waals surface area contributed by atoms with Crippen LogP contribution in [0.2, 0.25) is 0 Å². The molecule has 3 N–H and O–H groups in total. The van der Waals surface area contributed by atoms with Gasteiger partial charge in [-0.05, 0) is 6.92 Å². The topological polar surface area (TPSA) is 69.9 Å². The lowest BCUT2D eigenvalue weighted by molar-refractivity contribution is -0.223. The molecule has 1 aliphatic rings. The van der Waals surface area contributed by atoms with Gasteiger partial charge >= 0.3 is 0 Å². The molecule has 66 valence electrons. The van der Waals surface area contributed by atoms with Gasteiger partial charge < -0.3 is 20.1 Å². The van der Waals surface area contributed by atoms with Crippen molar-refractivity contribution in [2.24, 2.45) is 0 Å². The van der Waals surface area contributed by atoms with E-state index in [2.05, 4.69) is 0 Å². The fourth-order valence-electron chi connectivity index (χ4n) is 1.01. The van der Waals surface area contributed by atoms with Crippen LogP contribution >= 0.6 is 11.6 Å². The maximum absolute atomic E-state index is 9.17. The highest BCUT2D eigenvalue weighted by Crippen LogP contribution is 2.23. The summed E-state index contributed by atoms with van der Waals surface area (Å²) in [7, 11) is 0. The highest BCUT2D eigenvalue weighted by molar-refractivity contribution is 6.21. The Morgan fingerprint density at radius 3 is 2.27 bits per heavy atom. The molecule has 0 aromatic heterocycles. The van der Waals surface area contributed by atoms with Crippen molar-refractivity contribution in [3.8, 4) is 0 Å². The number of rotatable bonds is 0. The molecule has 0 aliphatic carbocycles. The molecule has 1 aliphatic heterocycles. The van der Waals surface area contributed by atoms with Crippen molar-refractivity contribution in [1.29, 1.82) is 0 Å². The minimum absolute atomic E-state index is 0.588. The smallest absolute Gasteiger partial charge is 0.174 e. The molecule has 5 heteroatoms. The van der Waals surface area contributed by atoms with E-state index in [9.17, 15) is 0 Å². The summed E-state index contributed by atoms with van der Waals surface area (Å²) in [5, 5.41) is 26.4. The van der Waals surface area contributed by atoms with Crippen LogP contribution in [0.1, 0.15) is 6.92 Å². The summed E-state index contributed by atoms with van der Waals surface area (Å²) in [6.45, 7) is 1.56. The first-order valence-corrected chi connectivity index (χ1v) is 3.81. The van der Waals surface area contributed by atoms with Crippen molar-refractivity contribution >= 4 is 11.6 Å². The van der Waals surface area contributed by atoms with Gasteiger partial charge in [0, 0.05) is 0 Å². The molecule has 4 nitrogen and oxygen atoms in total. The maximum Gasteiger partial charge on any atom is 0.174 e. The Bertz CT molecular complexity index is 129. The Kier molecular flexibility index (Phi) is 2.72. The van der Waals surface area contributed by atoms with E-state index < -0.39 is 30.0 Å². The van der Waals surface area contributed by atoms with Crippen molar-refractivity contribution in [2.45, 2.75) is 36.9 Å². The average Bonchev–Trinajstić information content (AvgIpc) is 1.97. The van der Waals surface area contributed by atoms with Gasteiger partial charge in [0.25, 0.3) is 0 Å². The first-order valence-electron chi connectivity index (χ1n) is 3.37. The average molecular weight is 183 g/mol. The second-order valence-electron chi connectivity index (χ2n) is 2.66. The van der Waals surface area contributed by atoms with E-state index in [0.717, 1.165) is 0 Å². The normalized spacial score (nSPS) is 52.6. The molecule has 0 spiro atoms. The zero-order valence-corrected chi connectivity index (χ0v) is 6.77. The van der Waals surface area contributed by atoms with Gasteiger partial charge in [-0.2, -0.15) is 0 Å². The van der Waals surface area contributed by atoms with Crippen LogP contribution in [0.3, 0.4) is 0 Å². The van der Waals surface area contributed by atoms with Gasteiger partial charge in [0.05, 0.1) is 6.10 Å². The van der Waals surface area contributed by atoms with Gasteiger partial charge in [-0.3, -0.25) is 0 Å². The molecule has 1 saturated heterocycles. The largest absolute Gasteiger partial charge is 0.389 e.